The van der Waals surface area contributed by atoms with E-state index in [1.54, 1.807) is 12.1 Å². The maximum absolute atomic E-state index is 12.2. The maximum Gasteiger partial charge on any atom is 0.336 e. The van der Waals surface area contributed by atoms with Crippen molar-refractivity contribution in [3.63, 3.8) is 0 Å². The van der Waals surface area contributed by atoms with Crippen molar-refractivity contribution in [2.75, 3.05) is 5.32 Å². The Kier molecular flexibility index (Phi) is 8.73. The van der Waals surface area contributed by atoms with Crippen LogP contribution in [0.1, 0.15) is 117 Å². The van der Waals surface area contributed by atoms with E-state index in [1.165, 1.54) is 11.1 Å². The summed E-state index contributed by atoms with van der Waals surface area (Å²) in [6.45, 7) is 17.4. The van der Waals surface area contributed by atoms with Gasteiger partial charge in [-0.2, -0.15) is 0 Å². The van der Waals surface area contributed by atoms with E-state index in [2.05, 4.69) is 97.1 Å². The van der Waals surface area contributed by atoms with Crippen molar-refractivity contribution in [3.05, 3.63) is 94.0 Å². The van der Waals surface area contributed by atoms with Crippen LogP contribution in [0.15, 0.2) is 65.7 Å². The number of para-hydroxylation sites is 2. The number of amidine groups is 1. The Morgan fingerprint density at radius 3 is 1.47 bits per heavy atom. The number of nitrogens with zero attached hydrogens (tertiary/aromatic N) is 1. The van der Waals surface area contributed by atoms with Gasteiger partial charge in [0.05, 0.1) is 11.3 Å². The van der Waals surface area contributed by atoms with Gasteiger partial charge in [0.1, 0.15) is 5.84 Å². The smallest absolute Gasteiger partial charge is 0.336 e. The highest BCUT2D eigenvalue weighted by molar-refractivity contribution is 6.15. The number of carboxylic acids is 1. The molecule has 0 amide bonds. The summed E-state index contributed by atoms with van der Waals surface area (Å²) in [4.78, 5) is 17.5. The molecular weight excluding hydrogens is 444 g/mol. The Morgan fingerprint density at radius 1 is 0.639 bits per heavy atom. The lowest BCUT2D eigenvalue weighted by atomic mass is 9.92. The summed E-state index contributed by atoms with van der Waals surface area (Å²) in [6, 6.07) is 19.8. The van der Waals surface area contributed by atoms with Crippen LogP contribution in [-0.2, 0) is 0 Å². The number of aliphatic imine (C=N–C) groups is 1. The van der Waals surface area contributed by atoms with Crippen molar-refractivity contribution in [2.45, 2.75) is 79.1 Å². The molecular formula is C32H40N2O2. The zero-order chi connectivity index (χ0) is 26.6. The second-order valence-electron chi connectivity index (χ2n) is 10.7. The molecule has 0 aliphatic carbocycles. The molecule has 2 N–H and O–H groups in total. The minimum absolute atomic E-state index is 0.227. The van der Waals surface area contributed by atoms with Crippen LogP contribution in [-0.4, -0.2) is 16.9 Å². The summed E-state index contributed by atoms with van der Waals surface area (Å²) >= 11 is 0. The molecule has 190 valence electrons. The number of hydrogen-bond donors (Lipinski definition) is 2. The highest BCUT2D eigenvalue weighted by Gasteiger charge is 2.21. The fraction of sp³-hybridized carbons (Fsp3) is 0.375. The largest absolute Gasteiger partial charge is 0.478 e. The lowest BCUT2D eigenvalue weighted by Gasteiger charge is -2.23. The van der Waals surface area contributed by atoms with Crippen LogP contribution in [0.25, 0.3) is 0 Å². The van der Waals surface area contributed by atoms with Crippen molar-refractivity contribution in [3.8, 4) is 0 Å². The predicted molar refractivity (Wildman–Crippen MR) is 152 cm³/mol. The first-order valence-corrected chi connectivity index (χ1v) is 13.0. The van der Waals surface area contributed by atoms with Crippen molar-refractivity contribution < 1.29 is 9.90 Å². The van der Waals surface area contributed by atoms with E-state index in [1.807, 2.05) is 12.1 Å². The molecule has 36 heavy (non-hydrogen) atoms. The molecule has 0 unspecified atom stereocenters. The van der Waals surface area contributed by atoms with Crippen molar-refractivity contribution >= 4 is 23.2 Å². The van der Waals surface area contributed by atoms with Crippen LogP contribution in [0.2, 0.25) is 0 Å². The summed E-state index contributed by atoms with van der Waals surface area (Å²) in [5.41, 5.74) is 7.39. The van der Waals surface area contributed by atoms with Crippen LogP contribution in [0.5, 0.6) is 0 Å². The topological polar surface area (TPSA) is 61.7 Å². The van der Waals surface area contributed by atoms with Gasteiger partial charge in [0.15, 0.2) is 0 Å². The van der Waals surface area contributed by atoms with Crippen molar-refractivity contribution in [1.29, 1.82) is 0 Å². The average molecular weight is 485 g/mol. The molecule has 3 aromatic carbocycles. The molecule has 0 fully saturated rings. The monoisotopic (exact) mass is 484 g/mol. The molecule has 0 spiro atoms. The Hall–Kier alpha value is -3.40. The van der Waals surface area contributed by atoms with E-state index in [4.69, 9.17) is 4.99 Å². The summed E-state index contributed by atoms with van der Waals surface area (Å²) < 4.78 is 0. The zero-order valence-corrected chi connectivity index (χ0v) is 22.9. The van der Waals surface area contributed by atoms with Crippen LogP contribution >= 0.6 is 0 Å². The highest BCUT2D eigenvalue weighted by Crippen LogP contribution is 2.37. The van der Waals surface area contributed by atoms with Gasteiger partial charge in [-0.05, 0) is 52.0 Å². The molecule has 3 rings (SSSR count). The Morgan fingerprint density at radius 2 is 1.06 bits per heavy atom. The van der Waals surface area contributed by atoms with Gasteiger partial charge < -0.3 is 10.4 Å². The van der Waals surface area contributed by atoms with E-state index in [0.717, 1.165) is 22.5 Å². The number of carbonyl (C=O) groups is 1. The number of benzene rings is 3. The number of carboxylic acid groups (broad SMARTS) is 1. The lowest BCUT2D eigenvalue weighted by molar-refractivity contribution is 0.0696. The van der Waals surface area contributed by atoms with Gasteiger partial charge in [0.25, 0.3) is 0 Å². The molecule has 0 heterocycles. The van der Waals surface area contributed by atoms with E-state index in [9.17, 15) is 9.90 Å². The number of rotatable bonds is 8. The third-order valence-corrected chi connectivity index (χ3v) is 6.59. The first-order chi connectivity index (χ1) is 17.0. The molecule has 4 heteroatoms. The van der Waals surface area contributed by atoms with Crippen LogP contribution < -0.4 is 5.32 Å². The van der Waals surface area contributed by atoms with E-state index in [0.29, 0.717) is 11.4 Å². The van der Waals surface area contributed by atoms with Gasteiger partial charge in [0.2, 0.25) is 0 Å². The second kappa shape index (κ2) is 11.6. The number of hydrogen-bond acceptors (Lipinski definition) is 2. The molecule has 4 nitrogen and oxygen atoms in total. The zero-order valence-electron chi connectivity index (χ0n) is 22.9. The molecule has 0 radical (unpaired) electrons. The Bertz CT molecular complexity index is 1200. The molecule has 0 aromatic heterocycles. The summed E-state index contributed by atoms with van der Waals surface area (Å²) in [6.07, 6.45) is 0. The predicted octanol–water partition coefficient (Wildman–Crippen LogP) is 9.07. The van der Waals surface area contributed by atoms with E-state index in [-0.39, 0.29) is 29.2 Å². The quantitative estimate of drug-likeness (QED) is 0.247. The molecule has 0 atom stereocenters. The normalized spacial score (nSPS) is 12.2. The first-order valence-electron chi connectivity index (χ1n) is 13.0. The highest BCUT2D eigenvalue weighted by atomic mass is 16.4. The van der Waals surface area contributed by atoms with Crippen molar-refractivity contribution in [2.24, 2.45) is 4.99 Å². The fourth-order valence-electron chi connectivity index (χ4n) is 4.60. The summed E-state index contributed by atoms with van der Waals surface area (Å²) in [5, 5.41) is 13.7. The van der Waals surface area contributed by atoms with Crippen LogP contribution in [0, 0.1) is 0 Å². The lowest BCUT2D eigenvalue weighted by Crippen LogP contribution is -2.20. The average Bonchev–Trinajstić information content (AvgIpc) is 2.83. The van der Waals surface area contributed by atoms with Crippen molar-refractivity contribution in [1.82, 2.24) is 0 Å². The van der Waals surface area contributed by atoms with Crippen LogP contribution in [0.4, 0.5) is 11.4 Å². The molecule has 0 saturated heterocycles. The van der Waals surface area contributed by atoms with Crippen LogP contribution in [0.3, 0.4) is 0 Å². The maximum atomic E-state index is 12.2. The first kappa shape index (κ1) is 27.2. The Balaban J connectivity index is 2.39. The minimum Gasteiger partial charge on any atom is -0.478 e. The number of anilines is 1. The standard InChI is InChI=1S/C32H40N2O2/c1-19(2)23-15-11-16-24(20(3)4)29(23)33-31(27-13-9-10-14-28(27)32(35)36)34-30-25(21(5)6)17-12-18-26(30)22(7)8/h9-22H,1-8H3,(H,33,34)(H,35,36). The molecule has 0 saturated carbocycles. The van der Waals surface area contributed by atoms with Gasteiger partial charge in [-0.1, -0.05) is 110 Å². The minimum atomic E-state index is -0.970. The summed E-state index contributed by atoms with van der Waals surface area (Å²) in [7, 11) is 0. The Labute approximate surface area is 216 Å². The summed E-state index contributed by atoms with van der Waals surface area (Å²) in [5.74, 6) is 0.702. The number of nitrogens with one attached hydrogen (secondary N) is 1. The third-order valence-electron chi connectivity index (χ3n) is 6.59. The third kappa shape index (κ3) is 5.87. The van der Waals surface area contributed by atoms with Gasteiger partial charge in [0, 0.05) is 11.3 Å². The molecule has 3 aromatic rings. The SMILES string of the molecule is CC(C)c1cccc(C(C)C)c1N=C(Nc1c(C(C)C)cccc1C(C)C)c1ccccc1C(=O)O. The van der Waals surface area contributed by atoms with E-state index >= 15 is 0 Å². The van der Waals surface area contributed by atoms with Gasteiger partial charge in [-0.15, -0.1) is 0 Å². The van der Waals surface area contributed by atoms with Gasteiger partial charge >= 0.3 is 5.97 Å². The van der Waals surface area contributed by atoms with E-state index < -0.39 is 5.97 Å². The second-order valence-corrected chi connectivity index (χ2v) is 10.7. The molecule has 0 aliphatic rings. The molecule has 0 aliphatic heterocycles. The molecule has 0 bridgehead atoms. The van der Waals surface area contributed by atoms with Gasteiger partial charge in [-0.3, -0.25) is 0 Å². The fourth-order valence-corrected chi connectivity index (χ4v) is 4.60. The van der Waals surface area contributed by atoms with Gasteiger partial charge in [-0.25, -0.2) is 9.79 Å². The number of aromatic carboxylic acids is 1.